The molecule has 0 spiro atoms. The maximum absolute atomic E-state index is 12.2. The molecule has 2 aromatic rings. The molecule has 140 valence electrons. The number of nitrogens with zero attached hydrogens (tertiary/aromatic N) is 2. The van der Waals surface area contributed by atoms with Gasteiger partial charge in [-0.15, -0.1) is 10.2 Å². The first-order valence-electron chi connectivity index (χ1n) is 8.24. The Morgan fingerprint density at radius 1 is 1.19 bits per heavy atom. The van der Waals surface area contributed by atoms with E-state index in [4.69, 9.17) is 9.47 Å². The molecule has 0 saturated carbocycles. The fraction of sp³-hybridized carbons (Fsp3) is 0.412. The number of aromatic nitrogens is 2. The molecule has 0 bridgehead atoms. The van der Waals surface area contributed by atoms with Crippen LogP contribution in [0.15, 0.2) is 24.3 Å². The molecular formula is C17H22N4O4S. The minimum atomic E-state index is -0.351. The van der Waals surface area contributed by atoms with Crippen molar-refractivity contribution in [3.63, 3.8) is 0 Å². The van der Waals surface area contributed by atoms with E-state index in [1.54, 1.807) is 31.4 Å². The van der Waals surface area contributed by atoms with Crippen LogP contribution >= 0.6 is 11.3 Å². The molecule has 1 heterocycles. The van der Waals surface area contributed by atoms with Gasteiger partial charge in [0.2, 0.25) is 10.9 Å². The van der Waals surface area contributed by atoms with Gasteiger partial charge in [-0.25, -0.2) is 0 Å². The smallest absolute Gasteiger partial charge is 0.286 e. The van der Waals surface area contributed by atoms with Crippen molar-refractivity contribution < 1.29 is 19.1 Å². The number of amides is 2. The van der Waals surface area contributed by atoms with Crippen molar-refractivity contribution in [1.82, 2.24) is 15.5 Å². The normalized spacial score (nSPS) is 10.4. The monoisotopic (exact) mass is 378 g/mol. The molecule has 0 radical (unpaired) electrons. The molecular weight excluding hydrogens is 356 g/mol. The molecule has 0 unspecified atom stereocenters. The van der Waals surface area contributed by atoms with Crippen LogP contribution in [0.1, 0.15) is 34.6 Å². The molecule has 0 aliphatic carbocycles. The summed E-state index contributed by atoms with van der Waals surface area (Å²) >= 11 is 1.13. The number of ether oxygens (including phenoxy) is 2. The molecule has 9 heteroatoms. The number of unbranched alkanes of at least 4 members (excludes halogenated alkanes) is 1. The number of carbonyl (C=O) groups excluding carboxylic acids is 2. The highest BCUT2D eigenvalue weighted by atomic mass is 32.1. The van der Waals surface area contributed by atoms with Gasteiger partial charge in [-0.05, 0) is 30.7 Å². The topological polar surface area (TPSA) is 102 Å². The Balaban J connectivity index is 1.77. The standard InChI is InChI=1S/C17H22N4O4S/c1-3-4-9-18-14(22)10-25-11-15-20-21-17(26-15)16(23)19-12-5-7-13(24-2)8-6-12/h5-8H,3-4,9-11H2,1-2H3,(H,18,22)(H,19,23). The minimum Gasteiger partial charge on any atom is -0.497 e. The summed E-state index contributed by atoms with van der Waals surface area (Å²) in [6, 6.07) is 6.97. The van der Waals surface area contributed by atoms with Gasteiger partial charge in [-0.2, -0.15) is 0 Å². The minimum absolute atomic E-state index is 0.0450. The highest BCUT2D eigenvalue weighted by Crippen LogP contribution is 2.17. The molecule has 2 N–H and O–H groups in total. The molecule has 26 heavy (non-hydrogen) atoms. The predicted molar refractivity (Wildman–Crippen MR) is 98.4 cm³/mol. The summed E-state index contributed by atoms with van der Waals surface area (Å²) in [5.74, 6) is 0.189. The van der Waals surface area contributed by atoms with Crippen LogP contribution in [0.4, 0.5) is 5.69 Å². The molecule has 0 saturated heterocycles. The Bertz CT molecular complexity index is 718. The molecule has 8 nitrogen and oxygen atoms in total. The van der Waals surface area contributed by atoms with Gasteiger partial charge in [0.1, 0.15) is 24.0 Å². The lowest BCUT2D eigenvalue weighted by molar-refractivity contribution is -0.126. The zero-order valence-corrected chi connectivity index (χ0v) is 15.6. The van der Waals surface area contributed by atoms with E-state index in [1.165, 1.54) is 0 Å². The Morgan fingerprint density at radius 2 is 1.96 bits per heavy atom. The lowest BCUT2D eigenvalue weighted by Gasteiger charge is -2.04. The van der Waals surface area contributed by atoms with Gasteiger partial charge in [0.15, 0.2) is 0 Å². The number of nitrogens with one attached hydrogen (secondary N) is 2. The van der Waals surface area contributed by atoms with E-state index in [0.29, 0.717) is 23.0 Å². The third-order valence-electron chi connectivity index (χ3n) is 3.32. The highest BCUT2D eigenvalue weighted by molar-refractivity contribution is 7.13. The third-order valence-corrected chi connectivity index (χ3v) is 4.22. The van der Waals surface area contributed by atoms with Gasteiger partial charge < -0.3 is 20.1 Å². The van der Waals surface area contributed by atoms with Gasteiger partial charge in [0.25, 0.3) is 5.91 Å². The third kappa shape index (κ3) is 6.41. The summed E-state index contributed by atoms with van der Waals surface area (Å²) in [7, 11) is 1.58. The van der Waals surface area contributed by atoms with Crippen molar-refractivity contribution in [2.24, 2.45) is 0 Å². The van der Waals surface area contributed by atoms with Crippen molar-refractivity contribution >= 4 is 28.8 Å². The number of benzene rings is 1. The second kappa shape index (κ2) is 10.5. The second-order valence-corrected chi connectivity index (χ2v) is 6.44. The van der Waals surface area contributed by atoms with Crippen LogP contribution in [0.2, 0.25) is 0 Å². The summed E-state index contributed by atoms with van der Waals surface area (Å²) in [4.78, 5) is 23.7. The number of hydrogen-bond donors (Lipinski definition) is 2. The first kappa shape index (κ1) is 19.8. The van der Waals surface area contributed by atoms with E-state index in [9.17, 15) is 9.59 Å². The lowest BCUT2D eigenvalue weighted by atomic mass is 10.3. The Morgan fingerprint density at radius 3 is 2.65 bits per heavy atom. The van der Waals surface area contributed by atoms with E-state index in [1.807, 2.05) is 0 Å². The van der Waals surface area contributed by atoms with Crippen molar-refractivity contribution in [3.8, 4) is 5.75 Å². The average Bonchev–Trinajstić information content (AvgIpc) is 3.12. The maximum Gasteiger partial charge on any atom is 0.286 e. The Hall–Kier alpha value is -2.52. The summed E-state index contributed by atoms with van der Waals surface area (Å²) < 4.78 is 10.4. The average molecular weight is 378 g/mol. The van der Waals surface area contributed by atoms with Crippen LogP contribution < -0.4 is 15.4 Å². The van der Waals surface area contributed by atoms with Crippen LogP contribution in [-0.2, 0) is 16.1 Å². The van der Waals surface area contributed by atoms with E-state index >= 15 is 0 Å². The first-order valence-corrected chi connectivity index (χ1v) is 9.06. The SMILES string of the molecule is CCCCNC(=O)COCc1nnc(C(=O)Nc2ccc(OC)cc2)s1. The van der Waals surface area contributed by atoms with Crippen LogP contribution in [0.3, 0.4) is 0 Å². The van der Waals surface area contributed by atoms with E-state index < -0.39 is 0 Å². The van der Waals surface area contributed by atoms with Crippen LogP contribution in [0.25, 0.3) is 0 Å². The van der Waals surface area contributed by atoms with Crippen LogP contribution in [0, 0.1) is 0 Å². The van der Waals surface area contributed by atoms with E-state index in [2.05, 4.69) is 27.8 Å². The van der Waals surface area contributed by atoms with Gasteiger partial charge in [0, 0.05) is 12.2 Å². The maximum atomic E-state index is 12.2. The fourth-order valence-corrected chi connectivity index (χ4v) is 2.62. The van der Waals surface area contributed by atoms with Crippen LogP contribution in [0.5, 0.6) is 5.75 Å². The number of hydrogen-bond acceptors (Lipinski definition) is 7. The Kier molecular flexibility index (Phi) is 7.97. The number of rotatable bonds is 10. The molecule has 2 rings (SSSR count). The summed E-state index contributed by atoms with van der Waals surface area (Å²) in [6.45, 7) is 2.79. The fourth-order valence-electron chi connectivity index (χ4n) is 1.95. The van der Waals surface area contributed by atoms with Gasteiger partial charge in [0.05, 0.1) is 7.11 Å². The van der Waals surface area contributed by atoms with Crippen molar-refractivity contribution in [2.45, 2.75) is 26.4 Å². The molecule has 0 aliphatic rings. The van der Waals surface area contributed by atoms with Crippen molar-refractivity contribution in [1.29, 1.82) is 0 Å². The summed E-state index contributed by atoms with van der Waals surface area (Å²) in [5, 5.41) is 14.0. The van der Waals surface area contributed by atoms with Gasteiger partial charge in [-0.3, -0.25) is 9.59 Å². The molecule has 1 aromatic heterocycles. The van der Waals surface area contributed by atoms with Gasteiger partial charge in [-0.1, -0.05) is 24.7 Å². The summed E-state index contributed by atoms with van der Waals surface area (Å²) in [6.07, 6.45) is 1.96. The zero-order valence-electron chi connectivity index (χ0n) is 14.8. The van der Waals surface area contributed by atoms with Crippen molar-refractivity contribution in [2.75, 3.05) is 25.6 Å². The van der Waals surface area contributed by atoms with E-state index in [-0.39, 0.29) is 30.0 Å². The number of methoxy groups -OCH3 is 1. The lowest BCUT2D eigenvalue weighted by Crippen LogP contribution is -2.28. The summed E-state index contributed by atoms with van der Waals surface area (Å²) in [5.41, 5.74) is 0.632. The molecule has 1 aromatic carbocycles. The molecule has 2 amide bonds. The second-order valence-electron chi connectivity index (χ2n) is 5.38. The molecule has 0 atom stereocenters. The van der Waals surface area contributed by atoms with Crippen molar-refractivity contribution in [3.05, 3.63) is 34.3 Å². The zero-order chi connectivity index (χ0) is 18.8. The van der Waals surface area contributed by atoms with E-state index in [0.717, 1.165) is 24.2 Å². The quantitative estimate of drug-likeness (QED) is 0.615. The first-order chi connectivity index (χ1) is 12.6. The molecule has 0 aliphatic heterocycles. The highest BCUT2D eigenvalue weighted by Gasteiger charge is 2.13. The predicted octanol–water partition coefficient (Wildman–Crippen LogP) is 2.23. The van der Waals surface area contributed by atoms with Gasteiger partial charge >= 0.3 is 0 Å². The molecule has 0 fully saturated rings. The largest absolute Gasteiger partial charge is 0.497 e. The Labute approximate surface area is 155 Å². The number of carbonyl (C=O) groups is 2. The van der Waals surface area contributed by atoms with Crippen LogP contribution in [-0.4, -0.2) is 42.3 Å². The number of anilines is 1.